The lowest BCUT2D eigenvalue weighted by molar-refractivity contribution is 0.463. The maximum absolute atomic E-state index is 13.2. The highest BCUT2D eigenvalue weighted by atomic mass is 19.1. The number of rotatable bonds is 4. The Hall–Kier alpha value is -2.37. The lowest BCUT2D eigenvalue weighted by Gasteiger charge is -2.11. The molecule has 0 aliphatic carbocycles. The Morgan fingerprint density at radius 2 is 1.95 bits per heavy atom. The lowest BCUT2D eigenvalue weighted by atomic mass is 10.1. The van der Waals surface area contributed by atoms with Crippen LogP contribution >= 0.6 is 0 Å². The van der Waals surface area contributed by atoms with Crippen molar-refractivity contribution in [3.8, 4) is 0 Å². The molecule has 1 aromatic heterocycles. The Kier molecular flexibility index (Phi) is 5.14. The van der Waals surface area contributed by atoms with Crippen LogP contribution in [0.3, 0.4) is 0 Å². The van der Waals surface area contributed by atoms with Crippen LogP contribution in [0, 0.1) is 26.6 Å². The molecule has 0 unspecified atom stereocenters. The third kappa shape index (κ3) is 4.07. The van der Waals surface area contributed by atoms with Crippen LogP contribution in [0.15, 0.2) is 27.6 Å². The molecule has 0 aliphatic rings. The largest absolute Gasteiger partial charge is 0.444 e. The van der Waals surface area contributed by atoms with Gasteiger partial charge in [-0.2, -0.15) is 0 Å². The molecule has 0 fully saturated rings. The van der Waals surface area contributed by atoms with Gasteiger partial charge < -0.3 is 15.1 Å². The number of hydrogen-bond donors (Lipinski definition) is 2. The molecular weight excluding hydrogens is 283 g/mol. The number of guanidine groups is 1. The molecule has 2 rings (SSSR count). The minimum atomic E-state index is -0.194. The molecule has 5 nitrogen and oxygen atoms in total. The standard InChI is InChI=1S/C16H21FN4O/c1-10-7-13(5-6-14(10)17)8-19-16(18-4)20-9-15-21-11(2)12(3)22-15/h5-7H,8-9H2,1-4H3,(H2,18,19,20). The fourth-order valence-electron chi connectivity index (χ4n) is 2.00. The molecule has 2 N–H and O–H groups in total. The molecule has 0 bridgehead atoms. The van der Waals surface area contributed by atoms with Gasteiger partial charge in [-0.05, 0) is 38.0 Å². The number of aryl methyl sites for hydroxylation is 3. The second-order valence-electron chi connectivity index (χ2n) is 5.11. The van der Waals surface area contributed by atoms with E-state index in [0.29, 0.717) is 30.5 Å². The molecule has 0 saturated carbocycles. The van der Waals surface area contributed by atoms with E-state index in [-0.39, 0.29) is 5.82 Å². The first kappa shape index (κ1) is 16.0. The van der Waals surface area contributed by atoms with Crippen molar-refractivity contribution >= 4 is 5.96 Å². The summed E-state index contributed by atoms with van der Waals surface area (Å²) < 4.78 is 18.7. The summed E-state index contributed by atoms with van der Waals surface area (Å²) in [5, 5.41) is 6.30. The van der Waals surface area contributed by atoms with Crippen LogP contribution in [0.2, 0.25) is 0 Å². The maximum atomic E-state index is 13.2. The van der Waals surface area contributed by atoms with Crippen LogP contribution in [-0.2, 0) is 13.1 Å². The number of hydrogen-bond acceptors (Lipinski definition) is 3. The van der Waals surface area contributed by atoms with Gasteiger partial charge in [0, 0.05) is 13.6 Å². The molecule has 2 aromatic rings. The molecule has 0 amide bonds. The minimum Gasteiger partial charge on any atom is -0.444 e. The van der Waals surface area contributed by atoms with Gasteiger partial charge in [-0.3, -0.25) is 4.99 Å². The van der Waals surface area contributed by atoms with Gasteiger partial charge in [-0.15, -0.1) is 0 Å². The predicted octanol–water partition coefficient (Wildman–Crippen LogP) is 2.60. The van der Waals surface area contributed by atoms with Gasteiger partial charge in [0.05, 0.1) is 12.2 Å². The van der Waals surface area contributed by atoms with Crippen LogP contribution in [-0.4, -0.2) is 18.0 Å². The molecule has 1 heterocycles. The monoisotopic (exact) mass is 304 g/mol. The molecule has 0 atom stereocenters. The summed E-state index contributed by atoms with van der Waals surface area (Å²) in [6.45, 7) is 6.56. The normalized spacial score (nSPS) is 11.6. The quantitative estimate of drug-likeness (QED) is 0.673. The van der Waals surface area contributed by atoms with E-state index in [1.54, 1.807) is 20.0 Å². The fraction of sp³-hybridized carbons (Fsp3) is 0.375. The van der Waals surface area contributed by atoms with E-state index in [1.807, 2.05) is 19.9 Å². The summed E-state index contributed by atoms with van der Waals surface area (Å²) in [4.78, 5) is 8.44. The van der Waals surface area contributed by atoms with Crippen LogP contribution in [0.25, 0.3) is 0 Å². The second-order valence-corrected chi connectivity index (χ2v) is 5.11. The SMILES string of the molecule is CN=C(NCc1ccc(F)c(C)c1)NCc1nc(C)c(C)o1. The smallest absolute Gasteiger partial charge is 0.214 e. The summed E-state index contributed by atoms with van der Waals surface area (Å²) in [5.74, 6) is 1.88. The first-order valence-corrected chi connectivity index (χ1v) is 7.12. The lowest BCUT2D eigenvalue weighted by Crippen LogP contribution is -2.36. The third-order valence-corrected chi connectivity index (χ3v) is 3.39. The van der Waals surface area contributed by atoms with Gasteiger partial charge in [0.15, 0.2) is 5.96 Å². The van der Waals surface area contributed by atoms with Crippen LogP contribution in [0.4, 0.5) is 4.39 Å². The molecule has 22 heavy (non-hydrogen) atoms. The first-order chi connectivity index (χ1) is 10.5. The van der Waals surface area contributed by atoms with Gasteiger partial charge in [-0.25, -0.2) is 9.37 Å². The molecular formula is C16H21FN4O. The number of aliphatic imine (C=N–C) groups is 1. The Bertz CT molecular complexity index is 659. The molecule has 118 valence electrons. The summed E-state index contributed by atoms with van der Waals surface area (Å²) in [6, 6.07) is 5.04. The Morgan fingerprint density at radius 1 is 1.23 bits per heavy atom. The first-order valence-electron chi connectivity index (χ1n) is 7.12. The average Bonchev–Trinajstić information content (AvgIpc) is 2.81. The summed E-state index contributed by atoms with van der Waals surface area (Å²) >= 11 is 0. The summed E-state index contributed by atoms with van der Waals surface area (Å²) in [7, 11) is 1.69. The third-order valence-electron chi connectivity index (χ3n) is 3.39. The van der Waals surface area contributed by atoms with Crippen molar-refractivity contribution in [1.29, 1.82) is 0 Å². The highest BCUT2D eigenvalue weighted by molar-refractivity contribution is 5.79. The van der Waals surface area contributed by atoms with Gasteiger partial charge in [0.25, 0.3) is 0 Å². The molecule has 0 radical (unpaired) electrons. The van der Waals surface area contributed by atoms with Gasteiger partial charge in [0.2, 0.25) is 5.89 Å². The van der Waals surface area contributed by atoms with E-state index in [1.165, 1.54) is 6.07 Å². The van der Waals surface area contributed by atoms with E-state index >= 15 is 0 Å². The Morgan fingerprint density at radius 3 is 2.55 bits per heavy atom. The molecule has 0 aliphatic heterocycles. The van der Waals surface area contributed by atoms with Crippen molar-refractivity contribution in [2.45, 2.75) is 33.9 Å². The van der Waals surface area contributed by atoms with Crippen molar-refractivity contribution in [1.82, 2.24) is 15.6 Å². The molecule has 1 aromatic carbocycles. The number of benzene rings is 1. The van der Waals surface area contributed by atoms with Crippen LogP contribution < -0.4 is 10.6 Å². The molecule has 6 heteroatoms. The number of oxazole rings is 1. The van der Waals surface area contributed by atoms with E-state index in [2.05, 4.69) is 20.6 Å². The van der Waals surface area contributed by atoms with E-state index < -0.39 is 0 Å². The number of nitrogens with zero attached hydrogens (tertiary/aromatic N) is 2. The van der Waals surface area contributed by atoms with Crippen molar-refractivity contribution in [2.75, 3.05) is 7.05 Å². The van der Waals surface area contributed by atoms with Gasteiger partial charge in [-0.1, -0.05) is 12.1 Å². The second kappa shape index (κ2) is 7.06. The minimum absolute atomic E-state index is 0.194. The topological polar surface area (TPSA) is 62.5 Å². The van der Waals surface area contributed by atoms with Crippen LogP contribution in [0.5, 0.6) is 0 Å². The van der Waals surface area contributed by atoms with Crippen LogP contribution in [0.1, 0.15) is 28.5 Å². The van der Waals surface area contributed by atoms with Gasteiger partial charge in [0.1, 0.15) is 11.6 Å². The van der Waals surface area contributed by atoms with Gasteiger partial charge >= 0.3 is 0 Å². The molecule has 0 spiro atoms. The zero-order valence-electron chi connectivity index (χ0n) is 13.3. The van der Waals surface area contributed by atoms with Crippen molar-refractivity contribution in [3.63, 3.8) is 0 Å². The fourth-order valence-corrected chi connectivity index (χ4v) is 2.00. The van der Waals surface area contributed by atoms with E-state index in [0.717, 1.165) is 17.0 Å². The highest BCUT2D eigenvalue weighted by Gasteiger charge is 2.06. The van der Waals surface area contributed by atoms with Crippen molar-refractivity contribution < 1.29 is 8.81 Å². The number of halogens is 1. The Labute approximate surface area is 129 Å². The maximum Gasteiger partial charge on any atom is 0.214 e. The molecule has 0 saturated heterocycles. The summed E-state index contributed by atoms with van der Waals surface area (Å²) in [6.07, 6.45) is 0. The predicted molar refractivity (Wildman–Crippen MR) is 84.2 cm³/mol. The van der Waals surface area contributed by atoms with Crippen molar-refractivity contribution in [3.05, 3.63) is 52.5 Å². The van der Waals surface area contributed by atoms with E-state index in [4.69, 9.17) is 4.42 Å². The zero-order valence-corrected chi connectivity index (χ0v) is 13.3. The Balaban J connectivity index is 1.88. The van der Waals surface area contributed by atoms with E-state index in [9.17, 15) is 4.39 Å². The summed E-state index contributed by atoms with van der Waals surface area (Å²) in [5.41, 5.74) is 2.51. The average molecular weight is 304 g/mol. The number of nitrogens with one attached hydrogen (secondary N) is 2. The highest BCUT2D eigenvalue weighted by Crippen LogP contribution is 2.09. The van der Waals surface area contributed by atoms with Crippen molar-refractivity contribution in [2.24, 2.45) is 4.99 Å². The zero-order chi connectivity index (χ0) is 16.1. The number of aromatic nitrogens is 1.